The molecule has 1 N–H and O–H groups in total. The van der Waals surface area contributed by atoms with Crippen molar-refractivity contribution < 1.29 is 4.79 Å². The third kappa shape index (κ3) is 4.20. The summed E-state index contributed by atoms with van der Waals surface area (Å²) in [6.07, 6.45) is 4.98. The van der Waals surface area contributed by atoms with Crippen LogP contribution in [0.3, 0.4) is 0 Å². The van der Waals surface area contributed by atoms with Crippen LogP contribution in [0.15, 0.2) is 36.7 Å². The summed E-state index contributed by atoms with van der Waals surface area (Å²) in [4.78, 5) is 25.4. The quantitative estimate of drug-likeness (QED) is 0.909. The zero-order valence-corrected chi connectivity index (χ0v) is 15.2. The molecule has 132 valence electrons. The van der Waals surface area contributed by atoms with Crippen molar-refractivity contribution in [2.75, 3.05) is 42.3 Å². The van der Waals surface area contributed by atoms with Crippen LogP contribution in [0.5, 0.6) is 0 Å². The van der Waals surface area contributed by atoms with Crippen LogP contribution in [-0.4, -0.2) is 43.1 Å². The van der Waals surface area contributed by atoms with Gasteiger partial charge in [0.1, 0.15) is 5.82 Å². The zero-order chi connectivity index (χ0) is 17.8. The Morgan fingerprint density at radius 3 is 2.64 bits per heavy atom. The summed E-state index contributed by atoms with van der Waals surface area (Å²) in [6, 6.07) is 7.47. The number of rotatable bonds is 4. The highest BCUT2D eigenvalue weighted by Gasteiger charge is 2.26. The number of hydrogen-bond acceptors (Lipinski definition) is 5. The molecule has 1 saturated heterocycles. The summed E-state index contributed by atoms with van der Waals surface area (Å²) in [7, 11) is 3.82. The fourth-order valence-corrected chi connectivity index (χ4v) is 3.12. The van der Waals surface area contributed by atoms with Crippen molar-refractivity contribution >= 4 is 34.8 Å². The Bertz CT molecular complexity index is 727. The van der Waals surface area contributed by atoms with Gasteiger partial charge in [-0.15, -0.1) is 0 Å². The van der Waals surface area contributed by atoms with Gasteiger partial charge in [-0.2, -0.15) is 0 Å². The van der Waals surface area contributed by atoms with Gasteiger partial charge in [0.2, 0.25) is 5.91 Å². The predicted molar refractivity (Wildman–Crippen MR) is 101 cm³/mol. The highest BCUT2D eigenvalue weighted by molar-refractivity contribution is 6.30. The fraction of sp³-hybridized carbons (Fsp3) is 0.389. The van der Waals surface area contributed by atoms with E-state index in [9.17, 15) is 4.79 Å². The maximum absolute atomic E-state index is 12.6. The lowest BCUT2D eigenvalue weighted by Crippen LogP contribution is -2.38. The Hall–Kier alpha value is -2.34. The Kier molecular flexibility index (Phi) is 5.38. The molecular weight excluding hydrogens is 338 g/mol. The SMILES string of the molecule is CN(C)c1ncccc1NC(=O)C1CCN(c2ccc(Cl)cn2)CC1. The highest BCUT2D eigenvalue weighted by atomic mass is 35.5. The van der Waals surface area contributed by atoms with E-state index in [1.54, 1.807) is 12.4 Å². The van der Waals surface area contributed by atoms with E-state index >= 15 is 0 Å². The number of piperidine rings is 1. The van der Waals surface area contributed by atoms with Gasteiger partial charge in [0.25, 0.3) is 0 Å². The molecule has 0 saturated carbocycles. The molecule has 1 fully saturated rings. The molecule has 6 nitrogen and oxygen atoms in total. The smallest absolute Gasteiger partial charge is 0.227 e. The maximum Gasteiger partial charge on any atom is 0.227 e. The summed E-state index contributed by atoms with van der Waals surface area (Å²) < 4.78 is 0. The molecule has 2 aromatic heterocycles. The maximum atomic E-state index is 12.6. The molecule has 2 aromatic rings. The van der Waals surface area contributed by atoms with Crippen LogP contribution in [-0.2, 0) is 4.79 Å². The first-order valence-corrected chi connectivity index (χ1v) is 8.72. The number of carbonyl (C=O) groups excluding carboxylic acids is 1. The molecule has 0 bridgehead atoms. The van der Waals surface area contributed by atoms with Crippen LogP contribution >= 0.6 is 11.6 Å². The molecule has 25 heavy (non-hydrogen) atoms. The van der Waals surface area contributed by atoms with Crippen LogP contribution in [0.4, 0.5) is 17.3 Å². The van der Waals surface area contributed by atoms with Gasteiger partial charge in [-0.1, -0.05) is 11.6 Å². The van der Waals surface area contributed by atoms with Gasteiger partial charge >= 0.3 is 0 Å². The van der Waals surface area contributed by atoms with Crippen molar-refractivity contribution in [3.63, 3.8) is 0 Å². The van der Waals surface area contributed by atoms with Gasteiger partial charge in [0.05, 0.1) is 10.7 Å². The van der Waals surface area contributed by atoms with Crippen molar-refractivity contribution in [3.05, 3.63) is 41.7 Å². The van der Waals surface area contributed by atoms with E-state index in [0.29, 0.717) is 5.02 Å². The number of hydrogen-bond donors (Lipinski definition) is 1. The van der Waals surface area contributed by atoms with Crippen LogP contribution in [0.25, 0.3) is 0 Å². The number of pyridine rings is 2. The first-order valence-electron chi connectivity index (χ1n) is 8.34. The lowest BCUT2D eigenvalue weighted by molar-refractivity contribution is -0.120. The van der Waals surface area contributed by atoms with E-state index in [1.807, 2.05) is 43.3 Å². The van der Waals surface area contributed by atoms with Gasteiger partial charge in [-0.05, 0) is 37.1 Å². The first kappa shape index (κ1) is 17.5. The molecule has 0 aromatic carbocycles. The number of amides is 1. The average Bonchev–Trinajstić information content (AvgIpc) is 2.63. The fourth-order valence-electron chi connectivity index (χ4n) is 3.01. The molecule has 3 heterocycles. The summed E-state index contributed by atoms with van der Waals surface area (Å²) in [5, 5.41) is 3.66. The summed E-state index contributed by atoms with van der Waals surface area (Å²) in [5.41, 5.74) is 0.749. The van der Waals surface area contributed by atoms with Crippen molar-refractivity contribution in [1.29, 1.82) is 0 Å². The predicted octanol–water partition coefficient (Wildman–Crippen LogP) is 3.05. The van der Waals surface area contributed by atoms with Gasteiger partial charge < -0.3 is 15.1 Å². The minimum absolute atomic E-state index is 0.00114. The molecule has 3 rings (SSSR count). The number of nitrogens with one attached hydrogen (secondary N) is 1. The summed E-state index contributed by atoms with van der Waals surface area (Å²) >= 11 is 5.88. The Morgan fingerprint density at radius 2 is 2.00 bits per heavy atom. The van der Waals surface area contributed by atoms with Crippen LogP contribution < -0.4 is 15.1 Å². The van der Waals surface area contributed by atoms with Gasteiger partial charge in [-0.25, -0.2) is 9.97 Å². The van der Waals surface area contributed by atoms with Gasteiger partial charge in [0.15, 0.2) is 5.82 Å². The van der Waals surface area contributed by atoms with Crippen LogP contribution in [0.2, 0.25) is 5.02 Å². The molecule has 1 amide bonds. The monoisotopic (exact) mass is 359 g/mol. The standard InChI is InChI=1S/C18H22ClN5O/c1-23(2)17-15(4-3-9-20-17)22-18(25)13-7-10-24(11-8-13)16-6-5-14(19)12-21-16/h3-6,9,12-13H,7-8,10-11H2,1-2H3,(H,22,25). The first-order chi connectivity index (χ1) is 12.0. The molecule has 7 heteroatoms. The normalized spacial score (nSPS) is 15.1. The summed E-state index contributed by atoms with van der Waals surface area (Å²) in [6.45, 7) is 1.61. The van der Waals surface area contributed by atoms with E-state index in [4.69, 9.17) is 11.6 Å². The minimum atomic E-state index is -0.00114. The van der Waals surface area contributed by atoms with Gasteiger partial charge in [-0.3, -0.25) is 4.79 Å². The Balaban J connectivity index is 1.59. The lowest BCUT2D eigenvalue weighted by Gasteiger charge is -2.32. The van der Waals surface area contributed by atoms with E-state index in [1.165, 1.54) is 0 Å². The number of carbonyl (C=O) groups is 1. The number of halogens is 1. The molecule has 0 aliphatic carbocycles. The molecular formula is C18H22ClN5O. The van der Waals surface area contributed by atoms with E-state index < -0.39 is 0 Å². The third-order valence-corrected chi connectivity index (χ3v) is 4.59. The highest BCUT2D eigenvalue weighted by Crippen LogP contribution is 2.26. The van der Waals surface area contributed by atoms with Crippen molar-refractivity contribution in [3.8, 4) is 0 Å². The number of nitrogens with zero attached hydrogens (tertiary/aromatic N) is 4. The average molecular weight is 360 g/mol. The van der Waals surface area contributed by atoms with Crippen LogP contribution in [0, 0.1) is 5.92 Å². The largest absolute Gasteiger partial charge is 0.361 e. The Morgan fingerprint density at radius 1 is 1.24 bits per heavy atom. The second-order valence-corrected chi connectivity index (χ2v) is 6.79. The molecule has 0 spiro atoms. The number of anilines is 3. The molecule has 1 aliphatic rings. The van der Waals surface area contributed by atoms with E-state index in [2.05, 4.69) is 20.2 Å². The van der Waals surface area contributed by atoms with Crippen molar-refractivity contribution in [2.45, 2.75) is 12.8 Å². The lowest BCUT2D eigenvalue weighted by atomic mass is 9.96. The van der Waals surface area contributed by atoms with Crippen molar-refractivity contribution in [2.24, 2.45) is 5.92 Å². The van der Waals surface area contributed by atoms with Gasteiger partial charge in [0, 0.05) is 45.5 Å². The molecule has 0 unspecified atom stereocenters. The van der Waals surface area contributed by atoms with Crippen molar-refractivity contribution in [1.82, 2.24) is 9.97 Å². The van der Waals surface area contributed by atoms with E-state index in [-0.39, 0.29) is 11.8 Å². The van der Waals surface area contributed by atoms with E-state index in [0.717, 1.165) is 43.3 Å². The second kappa shape index (κ2) is 7.70. The zero-order valence-electron chi connectivity index (χ0n) is 14.4. The Labute approximate surface area is 152 Å². The summed E-state index contributed by atoms with van der Waals surface area (Å²) in [5.74, 6) is 1.72. The topological polar surface area (TPSA) is 61.4 Å². The molecule has 1 aliphatic heterocycles. The van der Waals surface area contributed by atoms with Crippen LogP contribution in [0.1, 0.15) is 12.8 Å². The molecule has 0 atom stereocenters. The number of aromatic nitrogens is 2. The molecule has 0 radical (unpaired) electrons. The third-order valence-electron chi connectivity index (χ3n) is 4.37. The second-order valence-electron chi connectivity index (χ2n) is 6.35. The minimum Gasteiger partial charge on any atom is -0.361 e.